The monoisotopic (exact) mass is 332 g/mol. The van der Waals surface area contributed by atoms with Crippen LogP contribution in [0.3, 0.4) is 0 Å². The molecule has 0 saturated carbocycles. The van der Waals surface area contributed by atoms with Crippen LogP contribution in [0.1, 0.15) is 28.5 Å². The number of aromatic nitrogens is 2. The van der Waals surface area contributed by atoms with Crippen molar-refractivity contribution in [1.29, 1.82) is 0 Å². The van der Waals surface area contributed by atoms with Crippen molar-refractivity contribution in [2.75, 3.05) is 5.32 Å². The predicted octanol–water partition coefficient (Wildman–Crippen LogP) is 3.71. The van der Waals surface area contributed by atoms with Gasteiger partial charge in [0.25, 0.3) is 5.91 Å². The zero-order chi connectivity index (χ0) is 17.5. The van der Waals surface area contributed by atoms with Gasteiger partial charge in [0.1, 0.15) is 0 Å². The Hall–Kier alpha value is -3.21. The van der Waals surface area contributed by atoms with E-state index in [-0.39, 0.29) is 5.91 Å². The second-order valence-electron chi connectivity index (χ2n) is 5.65. The zero-order valence-electron chi connectivity index (χ0n) is 14.1. The van der Waals surface area contributed by atoms with Crippen LogP contribution in [-0.2, 0) is 13.0 Å². The summed E-state index contributed by atoms with van der Waals surface area (Å²) in [5.74, 6) is 0.360. The molecule has 1 aromatic heterocycles. The van der Waals surface area contributed by atoms with Crippen molar-refractivity contribution in [2.45, 2.75) is 19.9 Å². The highest BCUT2D eigenvalue weighted by molar-refractivity contribution is 5.92. The summed E-state index contributed by atoms with van der Waals surface area (Å²) >= 11 is 0. The van der Waals surface area contributed by atoms with Crippen LogP contribution in [0.15, 0.2) is 66.7 Å². The van der Waals surface area contributed by atoms with Gasteiger partial charge in [-0.3, -0.25) is 4.79 Å². The summed E-state index contributed by atoms with van der Waals surface area (Å²) < 4.78 is 0. The maximum Gasteiger partial charge on any atom is 0.272 e. The number of benzene rings is 2. The van der Waals surface area contributed by atoms with Crippen LogP contribution in [0.25, 0.3) is 0 Å². The van der Waals surface area contributed by atoms with Gasteiger partial charge in [-0.05, 0) is 41.8 Å². The van der Waals surface area contributed by atoms with Gasteiger partial charge in [-0.15, -0.1) is 10.2 Å². The second kappa shape index (κ2) is 8.06. The first-order valence-electron chi connectivity index (χ1n) is 8.26. The van der Waals surface area contributed by atoms with Gasteiger partial charge in [0.2, 0.25) is 0 Å². The Kier molecular flexibility index (Phi) is 5.36. The van der Waals surface area contributed by atoms with Crippen LogP contribution in [0.5, 0.6) is 0 Å². The van der Waals surface area contributed by atoms with Crippen LogP contribution in [0.4, 0.5) is 11.5 Å². The molecule has 5 heteroatoms. The summed E-state index contributed by atoms with van der Waals surface area (Å²) in [5, 5.41) is 14.1. The number of hydrogen-bond acceptors (Lipinski definition) is 4. The Balaban J connectivity index is 1.58. The van der Waals surface area contributed by atoms with Crippen molar-refractivity contribution in [3.63, 3.8) is 0 Å². The summed E-state index contributed by atoms with van der Waals surface area (Å²) in [4.78, 5) is 12.1. The molecule has 0 aliphatic carbocycles. The van der Waals surface area contributed by atoms with E-state index < -0.39 is 0 Å². The van der Waals surface area contributed by atoms with Gasteiger partial charge in [0.05, 0.1) is 0 Å². The van der Waals surface area contributed by atoms with Gasteiger partial charge in [-0.1, -0.05) is 49.4 Å². The van der Waals surface area contributed by atoms with Gasteiger partial charge in [-0.2, -0.15) is 0 Å². The van der Waals surface area contributed by atoms with Crippen LogP contribution >= 0.6 is 0 Å². The summed E-state index contributed by atoms with van der Waals surface area (Å²) in [6, 6.07) is 21.3. The first-order chi connectivity index (χ1) is 12.2. The lowest BCUT2D eigenvalue weighted by atomic mass is 10.1. The van der Waals surface area contributed by atoms with Crippen LogP contribution < -0.4 is 10.6 Å². The third kappa shape index (κ3) is 4.64. The van der Waals surface area contributed by atoms with E-state index in [1.54, 1.807) is 12.1 Å². The molecule has 1 heterocycles. The molecule has 25 heavy (non-hydrogen) atoms. The summed E-state index contributed by atoms with van der Waals surface area (Å²) in [6.45, 7) is 2.58. The molecule has 0 aliphatic rings. The number of carbonyl (C=O) groups excluding carboxylic acids is 1. The summed E-state index contributed by atoms with van der Waals surface area (Å²) in [6.07, 6.45) is 1.01. The number of amides is 1. The topological polar surface area (TPSA) is 66.9 Å². The van der Waals surface area contributed by atoms with E-state index >= 15 is 0 Å². The quantitative estimate of drug-likeness (QED) is 0.722. The highest BCUT2D eigenvalue weighted by Gasteiger charge is 2.08. The first-order valence-corrected chi connectivity index (χ1v) is 8.26. The molecule has 0 bridgehead atoms. The predicted molar refractivity (Wildman–Crippen MR) is 98.7 cm³/mol. The zero-order valence-corrected chi connectivity index (χ0v) is 14.1. The molecule has 126 valence electrons. The Morgan fingerprint density at radius 3 is 2.28 bits per heavy atom. The second-order valence-corrected chi connectivity index (χ2v) is 5.65. The molecular formula is C20H20N4O. The largest absolute Gasteiger partial charge is 0.347 e. The molecule has 0 spiro atoms. The third-order valence-electron chi connectivity index (χ3n) is 3.83. The molecule has 0 saturated heterocycles. The fourth-order valence-corrected chi connectivity index (χ4v) is 2.36. The van der Waals surface area contributed by atoms with E-state index in [1.165, 1.54) is 5.56 Å². The molecule has 1 amide bonds. The molecule has 5 nitrogen and oxygen atoms in total. The number of nitrogens with one attached hydrogen (secondary N) is 2. The Morgan fingerprint density at radius 2 is 1.64 bits per heavy atom. The highest BCUT2D eigenvalue weighted by atomic mass is 16.1. The highest BCUT2D eigenvalue weighted by Crippen LogP contribution is 2.15. The molecule has 0 fully saturated rings. The molecular weight excluding hydrogens is 312 g/mol. The molecule has 2 N–H and O–H groups in total. The van der Waals surface area contributed by atoms with Crippen LogP contribution in [0.2, 0.25) is 0 Å². The average molecular weight is 332 g/mol. The van der Waals surface area contributed by atoms with Crippen molar-refractivity contribution < 1.29 is 4.79 Å². The number of anilines is 2. The molecule has 3 rings (SSSR count). The van der Waals surface area contributed by atoms with Gasteiger partial charge in [-0.25, -0.2) is 0 Å². The smallest absolute Gasteiger partial charge is 0.272 e. The van der Waals surface area contributed by atoms with E-state index in [9.17, 15) is 4.79 Å². The molecule has 3 aromatic rings. The fraction of sp³-hybridized carbons (Fsp3) is 0.150. The van der Waals surface area contributed by atoms with E-state index in [0.29, 0.717) is 18.1 Å². The molecule has 0 unspecified atom stereocenters. The number of aryl methyl sites for hydroxylation is 1. The van der Waals surface area contributed by atoms with Crippen molar-refractivity contribution in [2.24, 2.45) is 0 Å². The third-order valence-corrected chi connectivity index (χ3v) is 3.83. The number of rotatable bonds is 6. The molecule has 0 aliphatic heterocycles. The molecule has 0 radical (unpaired) electrons. The van der Waals surface area contributed by atoms with E-state index in [4.69, 9.17) is 0 Å². The Morgan fingerprint density at radius 1 is 0.880 bits per heavy atom. The maximum atomic E-state index is 12.1. The number of carbonyl (C=O) groups is 1. The Bertz CT molecular complexity index is 815. The lowest BCUT2D eigenvalue weighted by Crippen LogP contribution is -2.24. The van der Waals surface area contributed by atoms with Crippen LogP contribution in [0, 0.1) is 0 Å². The normalized spacial score (nSPS) is 10.3. The van der Waals surface area contributed by atoms with Gasteiger partial charge < -0.3 is 10.6 Å². The maximum absolute atomic E-state index is 12.1. The average Bonchev–Trinajstić information content (AvgIpc) is 2.68. The molecule has 2 aromatic carbocycles. The van der Waals surface area contributed by atoms with Crippen molar-refractivity contribution >= 4 is 17.4 Å². The Labute approximate surface area is 147 Å². The van der Waals surface area contributed by atoms with Gasteiger partial charge in [0.15, 0.2) is 11.5 Å². The number of hydrogen-bond donors (Lipinski definition) is 2. The van der Waals surface area contributed by atoms with Gasteiger partial charge in [0, 0.05) is 12.2 Å². The van der Waals surface area contributed by atoms with Crippen molar-refractivity contribution in [1.82, 2.24) is 15.5 Å². The summed E-state index contributed by atoms with van der Waals surface area (Å²) in [7, 11) is 0. The minimum absolute atomic E-state index is 0.241. The minimum atomic E-state index is -0.241. The minimum Gasteiger partial charge on any atom is -0.347 e. The molecule has 0 atom stereocenters. The summed E-state index contributed by atoms with van der Waals surface area (Å²) in [5.41, 5.74) is 3.55. The van der Waals surface area contributed by atoms with Crippen LogP contribution in [-0.4, -0.2) is 16.1 Å². The van der Waals surface area contributed by atoms with E-state index in [2.05, 4.69) is 39.9 Å². The first kappa shape index (κ1) is 16.6. The number of nitrogens with zero attached hydrogens (tertiary/aromatic N) is 2. The van der Waals surface area contributed by atoms with E-state index in [0.717, 1.165) is 17.7 Å². The van der Waals surface area contributed by atoms with Crippen molar-refractivity contribution in [3.05, 3.63) is 83.6 Å². The lowest BCUT2D eigenvalue weighted by Gasteiger charge is -2.07. The van der Waals surface area contributed by atoms with Gasteiger partial charge >= 0.3 is 0 Å². The standard InChI is InChI=1S/C20H20N4O/c1-2-15-8-10-17(11-9-15)22-19-13-12-18(23-24-19)20(25)21-14-16-6-4-3-5-7-16/h3-13H,2,14H2,1H3,(H,21,25)(H,22,24). The fourth-order valence-electron chi connectivity index (χ4n) is 2.36. The SMILES string of the molecule is CCc1ccc(Nc2ccc(C(=O)NCc3ccccc3)nn2)cc1. The van der Waals surface area contributed by atoms with Crippen molar-refractivity contribution in [3.8, 4) is 0 Å². The lowest BCUT2D eigenvalue weighted by molar-refractivity contribution is 0.0945. The van der Waals surface area contributed by atoms with E-state index in [1.807, 2.05) is 42.5 Å².